The Morgan fingerprint density at radius 1 is 1.09 bits per heavy atom. The summed E-state index contributed by atoms with van der Waals surface area (Å²) in [5, 5.41) is 4.05. The highest BCUT2D eigenvalue weighted by atomic mass is 32.1. The van der Waals surface area contributed by atoms with E-state index in [1.807, 2.05) is 49.2 Å². The fourth-order valence-corrected chi connectivity index (χ4v) is 5.42. The predicted octanol–water partition coefficient (Wildman–Crippen LogP) is 4.91. The van der Waals surface area contributed by atoms with E-state index in [2.05, 4.69) is 31.2 Å². The van der Waals surface area contributed by atoms with E-state index >= 15 is 0 Å². The molecule has 2 bridgehead atoms. The first-order valence-corrected chi connectivity index (χ1v) is 12.0. The molecule has 0 aromatic carbocycles. The number of hydrogen-bond donors (Lipinski definition) is 1. The predicted molar refractivity (Wildman–Crippen MR) is 134 cm³/mol. The molecule has 0 aliphatic carbocycles. The molecule has 1 unspecified atom stereocenters. The Balaban J connectivity index is 1.33. The SMILES string of the molecule is Cc1cc(-c2ccc3c(n2)N(C(=O)Nc2cncc(-c4cnc(C)s4)c2)C2CCN3C2)ccn1. The standard InChI is InChI=1S/C25H23N7OS/c1-15-9-17(5-7-27-15)21-3-4-22-24(30-21)32(20-6-8-31(22)14-20)25(33)29-19-10-18(11-26-12-19)23-13-28-16(2)34-23/h3-5,7,9-13,20H,6,8,14H2,1-2H3,(H,29,33). The number of aryl methyl sites for hydroxylation is 2. The van der Waals surface area contributed by atoms with Gasteiger partial charge in [-0.05, 0) is 50.6 Å². The lowest BCUT2D eigenvalue weighted by atomic mass is 10.1. The van der Waals surface area contributed by atoms with Gasteiger partial charge in [0.2, 0.25) is 0 Å². The third-order valence-corrected chi connectivity index (χ3v) is 7.22. The highest BCUT2D eigenvalue weighted by molar-refractivity contribution is 7.15. The molecule has 4 aromatic heterocycles. The van der Waals surface area contributed by atoms with Crippen LogP contribution in [0.25, 0.3) is 21.7 Å². The van der Waals surface area contributed by atoms with Crippen molar-refractivity contribution in [1.82, 2.24) is 19.9 Å². The van der Waals surface area contributed by atoms with Gasteiger partial charge in [-0.3, -0.25) is 14.9 Å². The number of nitrogens with one attached hydrogen (secondary N) is 1. The van der Waals surface area contributed by atoms with Gasteiger partial charge in [0.1, 0.15) is 0 Å². The van der Waals surface area contributed by atoms with E-state index in [9.17, 15) is 4.79 Å². The van der Waals surface area contributed by atoms with Crippen LogP contribution in [0.15, 0.2) is 55.1 Å². The molecule has 1 atom stereocenters. The van der Waals surface area contributed by atoms with Crippen molar-refractivity contribution in [2.75, 3.05) is 28.2 Å². The number of pyridine rings is 3. The number of urea groups is 1. The molecule has 8 nitrogen and oxygen atoms in total. The number of nitrogens with zero attached hydrogens (tertiary/aromatic N) is 6. The Bertz CT molecular complexity index is 1400. The summed E-state index contributed by atoms with van der Waals surface area (Å²) < 4.78 is 0. The van der Waals surface area contributed by atoms with Gasteiger partial charge < -0.3 is 10.2 Å². The molecule has 1 saturated heterocycles. The van der Waals surface area contributed by atoms with E-state index in [1.165, 1.54) is 0 Å². The van der Waals surface area contributed by atoms with Crippen LogP contribution in [0.2, 0.25) is 0 Å². The maximum atomic E-state index is 13.6. The minimum Gasteiger partial charge on any atom is -0.366 e. The van der Waals surface area contributed by atoms with Gasteiger partial charge in [0.15, 0.2) is 5.82 Å². The molecular weight excluding hydrogens is 446 g/mol. The summed E-state index contributed by atoms with van der Waals surface area (Å²) in [4.78, 5) is 36.6. The minimum atomic E-state index is -0.192. The van der Waals surface area contributed by atoms with Crippen molar-refractivity contribution in [3.05, 3.63) is 65.8 Å². The quantitative estimate of drug-likeness (QED) is 0.459. The highest BCUT2D eigenvalue weighted by Crippen LogP contribution is 2.40. The fourth-order valence-electron chi connectivity index (χ4n) is 4.66. The molecule has 0 radical (unpaired) electrons. The molecule has 6 heterocycles. The number of amides is 2. The van der Waals surface area contributed by atoms with Crippen molar-refractivity contribution in [2.45, 2.75) is 26.3 Å². The number of aromatic nitrogens is 4. The number of hydrogen-bond acceptors (Lipinski definition) is 7. The number of anilines is 3. The van der Waals surface area contributed by atoms with Crippen LogP contribution in [0.4, 0.5) is 22.0 Å². The van der Waals surface area contributed by atoms with Crippen LogP contribution in [0.5, 0.6) is 0 Å². The number of thiazole rings is 1. The van der Waals surface area contributed by atoms with Crippen molar-refractivity contribution in [1.29, 1.82) is 0 Å². The van der Waals surface area contributed by atoms with Crippen LogP contribution in [-0.2, 0) is 0 Å². The van der Waals surface area contributed by atoms with Crippen molar-refractivity contribution < 1.29 is 4.79 Å². The molecular formula is C25H23N7OS. The van der Waals surface area contributed by atoms with Crippen molar-refractivity contribution >= 4 is 34.6 Å². The number of fused-ring (bicyclic) bond motifs is 4. The third-order valence-electron chi connectivity index (χ3n) is 6.26. The van der Waals surface area contributed by atoms with E-state index in [1.54, 1.807) is 29.9 Å². The minimum absolute atomic E-state index is 0.0784. The van der Waals surface area contributed by atoms with Crippen LogP contribution in [-0.4, -0.2) is 45.1 Å². The molecule has 0 spiro atoms. The normalized spacial score (nSPS) is 16.5. The summed E-state index contributed by atoms with van der Waals surface area (Å²) >= 11 is 1.60. The second-order valence-electron chi connectivity index (χ2n) is 8.62. The van der Waals surface area contributed by atoms with E-state index in [-0.39, 0.29) is 12.1 Å². The summed E-state index contributed by atoms with van der Waals surface area (Å²) in [7, 11) is 0. The Hall–Kier alpha value is -3.85. The number of carbonyl (C=O) groups excluding carboxylic acids is 1. The van der Waals surface area contributed by atoms with Gasteiger partial charge in [0.05, 0.1) is 39.2 Å². The van der Waals surface area contributed by atoms with Crippen molar-refractivity contribution in [3.8, 4) is 21.7 Å². The molecule has 2 aliphatic rings. The smallest absolute Gasteiger partial charge is 0.327 e. The fraction of sp³-hybridized carbons (Fsp3) is 0.240. The first-order valence-electron chi connectivity index (χ1n) is 11.2. The third kappa shape index (κ3) is 3.67. The van der Waals surface area contributed by atoms with Gasteiger partial charge in [0, 0.05) is 48.5 Å². The maximum absolute atomic E-state index is 13.6. The largest absolute Gasteiger partial charge is 0.366 e. The number of rotatable bonds is 3. The van der Waals surface area contributed by atoms with Gasteiger partial charge in [-0.1, -0.05) is 0 Å². The van der Waals surface area contributed by atoms with Gasteiger partial charge in [-0.2, -0.15) is 0 Å². The van der Waals surface area contributed by atoms with E-state index in [0.717, 1.165) is 57.6 Å². The zero-order valence-electron chi connectivity index (χ0n) is 18.9. The lowest BCUT2D eigenvalue weighted by molar-refractivity contribution is 0.255. The van der Waals surface area contributed by atoms with Crippen molar-refractivity contribution in [2.24, 2.45) is 0 Å². The van der Waals surface area contributed by atoms with Gasteiger partial charge in [-0.25, -0.2) is 14.8 Å². The second kappa shape index (κ2) is 8.18. The first-order chi connectivity index (χ1) is 16.5. The van der Waals surface area contributed by atoms with Gasteiger partial charge in [-0.15, -0.1) is 11.3 Å². The van der Waals surface area contributed by atoms with Crippen molar-refractivity contribution in [3.63, 3.8) is 0 Å². The topological polar surface area (TPSA) is 87.1 Å². The van der Waals surface area contributed by atoms with Crippen LogP contribution in [0.1, 0.15) is 17.1 Å². The average molecular weight is 470 g/mol. The summed E-state index contributed by atoms with van der Waals surface area (Å²) in [6.45, 7) is 5.66. The summed E-state index contributed by atoms with van der Waals surface area (Å²) in [6, 6.07) is 9.87. The molecule has 0 saturated carbocycles. The van der Waals surface area contributed by atoms with E-state index in [4.69, 9.17) is 4.98 Å². The molecule has 170 valence electrons. The highest BCUT2D eigenvalue weighted by Gasteiger charge is 2.40. The lowest BCUT2D eigenvalue weighted by Crippen LogP contribution is -2.48. The molecule has 1 N–H and O–H groups in total. The Kier molecular flexibility index (Phi) is 4.99. The maximum Gasteiger partial charge on any atom is 0.327 e. The number of carbonyl (C=O) groups is 1. The first kappa shape index (κ1) is 20.7. The Labute approximate surface area is 201 Å². The second-order valence-corrected chi connectivity index (χ2v) is 9.85. The van der Waals surface area contributed by atoms with Crippen LogP contribution >= 0.6 is 11.3 Å². The van der Waals surface area contributed by atoms with Crippen LogP contribution < -0.4 is 15.1 Å². The average Bonchev–Trinajstić information content (AvgIpc) is 3.46. The van der Waals surface area contributed by atoms with Crippen LogP contribution in [0, 0.1) is 13.8 Å². The lowest BCUT2D eigenvalue weighted by Gasteiger charge is -2.36. The zero-order valence-corrected chi connectivity index (χ0v) is 19.7. The molecule has 2 aliphatic heterocycles. The Morgan fingerprint density at radius 3 is 2.82 bits per heavy atom. The molecule has 34 heavy (non-hydrogen) atoms. The van der Waals surface area contributed by atoms with Gasteiger partial charge >= 0.3 is 6.03 Å². The van der Waals surface area contributed by atoms with E-state index < -0.39 is 0 Å². The van der Waals surface area contributed by atoms with Crippen LogP contribution in [0.3, 0.4) is 0 Å². The molecule has 2 amide bonds. The Morgan fingerprint density at radius 2 is 2.00 bits per heavy atom. The summed E-state index contributed by atoms with van der Waals surface area (Å²) in [5.41, 5.74) is 5.32. The molecule has 6 rings (SSSR count). The van der Waals surface area contributed by atoms with Gasteiger partial charge in [0.25, 0.3) is 0 Å². The molecule has 1 fully saturated rings. The monoisotopic (exact) mass is 469 g/mol. The summed E-state index contributed by atoms with van der Waals surface area (Å²) in [6.07, 6.45) is 7.99. The molecule has 4 aromatic rings. The zero-order chi connectivity index (χ0) is 23.2. The summed E-state index contributed by atoms with van der Waals surface area (Å²) in [5.74, 6) is 0.695. The molecule has 9 heteroatoms. The van der Waals surface area contributed by atoms with E-state index in [0.29, 0.717) is 11.5 Å².